The Hall–Kier alpha value is -3.03. The molecule has 3 aromatic carbocycles. The Balaban J connectivity index is 1.83. The number of rotatable bonds is 7. The van der Waals surface area contributed by atoms with E-state index in [0.29, 0.717) is 5.56 Å². The average molecular weight is 473 g/mol. The van der Waals surface area contributed by atoms with Gasteiger partial charge >= 0.3 is 0 Å². The lowest BCUT2D eigenvalue weighted by atomic mass is 10.1. The van der Waals surface area contributed by atoms with Crippen molar-refractivity contribution >= 4 is 38.7 Å². The van der Waals surface area contributed by atoms with Crippen molar-refractivity contribution < 1.29 is 18.3 Å². The molecule has 0 fully saturated rings. The fourth-order valence-corrected chi connectivity index (χ4v) is 5.09. The van der Waals surface area contributed by atoms with E-state index in [1.807, 2.05) is 32.0 Å². The Morgan fingerprint density at radius 1 is 1.00 bits per heavy atom. The summed E-state index contributed by atoms with van der Waals surface area (Å²) in [4.78, 5) is 12.7. The van der Waals surface area contributed by atoms with Crippen molar-refractivity contribution in [2.24, 2.45) is 0 Å². The minimum atomic E-state index is -3.69. The van der Waals surface area contributed by atoms with Crippen LogP contribution in [0.25, 0.3) is 0 Å². The zero-order chi connectivity index (χ0) is 23.5. The van der Waals surface area contributed by atoms with Gasteiger partial charge in [-0.05, 0) is 56.2 Å². The van der Waals surface area contributed by atoms with Crippen molar-refractivity contribution in [2.75, 3.05) is 10.6 Å². The molecular weight excluding hydrogens is 448 g/mol. The van der Waals surface area contributed by atoms with Gasteiger partial charge in [0.15, 0.2) is 9.84 Å². The van der Waals surface area contributed by atoms with Crippen molar-refractivity contribution in [3.63, 3.8) is 0 Å². The van der Waals surface area contributed by atoms with Gasteiger partial charge in [-0.1, -0.05) is 48.4 Å². The summed E-state index contributed by atoms with van der Waals surface area (Å²) in [5.41, 5.74) is 2.67. The summed E-state index contributed by atoms with van der Waals surface area (Å²) in [5, 5.41) is 15.2. The highest BCUT2D eigenvalue weighted by Gasteiger charge is 2.27. The molecular formula is C24H25ClN2O4S. The standard InChI is InChI=1S/C24H25ClN2O4S/c1-4-23(32(30,31)18-7-5-6-16(3)12-18)26-20-14-22(28)21(13-19(20)25)27-24(29)17-10-8-15(2)9-11-17/h5-14,23,26,28H,4H2,1-3H3,(H,27,29). The summed E-state index contributed by atoms with van der Waals surface area (Å²) in [7, 11) is -3.69. The molecule has 168 valence electrons. The number of anilines is 2. The Bertz CT molecular complexity index is 1240. The van der Waals surface area contributed by atoms with Gasteiger partial charge in [0.25, 0.3) is 5.91 Å². The first kappa shape index (κ1) is 23.6. The highest BCUT2D eigenvalue weighted by Crippen LogP contribution is 2.35. The van der Waals surface area contributed by atoms with Gasteiger partial charge in [-0.15, -0.1) is 0 Å². The Labute approximate surface area is 193 Å². The number of carbonyl (C=O) groups excluding carboxylic acids is 1. The topological polar surface area (TPSA) is 95.5 Å². The molecule has 0 bridgehead atoms. The molecule has 3 rings (SSSR count). The largest absolute Gasteiger partial charge is 0.506 e. The van der Waals surface area contributed by atoms with Crippen molar-refractivity contribution in [1.82, 2.24) is 0 Å². The Kier molecular flexibility index (Phi) is 7.11. The van der Waals surface area contributed by atoms with Gasteiger partial charge in [-0.25, -0.2) is 8.42 Å². The monoisotopic (exact) mass is 472 g/mol. The molecule has 8 heteroatoms. The summed E-state index contributed by atoms with van der Waals surface area (Å²) in [6, 6.07) is 16.4. The van der Waals surface area contributed by atoms with Gasteiger partial charge in [0.1, 0.15) is 11.1 Å². The number of aromatic hydroxyl groups is 1. The number of phenolic OH excluding ortho intramolecular Hbond substituents is 1. The molecule has 0 saturated heterocycles. The molecule has 1 amide bonds. The minimum absolute atomic E-state index is 0.126. The summed E-state index contributed by atoms with van der Waals surface area (Å²) >= 11 is 6.35. The predicted octanol–water partition coefficient (Wildman–Crippen LogP) is 5.54. The molecule has 3 N–H and O–H groups in total. The molecule has 3 aromatic rings. The third-order valence-corrected chi connectivity index (χ3v) is 7.45. The van der Waals surface area contributed by atoms with E-state index < -0.39 is 21.1 Å². The van der Waals surface area contributed by atoms with E-state index in [1.54, 1.807) is 37.3 Å². The number of benzene rings is 3. The molecule has 0 heterocycles. The van der Waals surface area contributed by atoms with E-state index in [-0.39, 0.29) is 33.5 Å². The van der Waals surface area contributed by atoms with Crippen LogP contribution in [0.5, 0.6) is 5.75 Å². The number of halogens is 1. The minimum Gasteiger partial charge on any atom is -0.506 e. The van der Waals surface area contributed by atoms with Crippen LogP contribution in [0.1, 0.15) is 34.8 Å². The Morgan fingerprint density at radius 2 is 1.69 bits per heavy atom. The normalized spacial score (nSPS) is 12.2. The molecule has 1 atom stereocenters. The zero-order valence-electron chi connectivity index (χ0n) is 18.0. The number of aryl methyl sites for hydroxylation is 2. The van der Waals surface area contributed by atoms with Crippen LogP contribution in [0, 0.1) is 13.8 Å². The maximum absolute atomic E-state index is 13.1. The van der Waals surface area contributed by atoms with Crippen LogP contribution >= 0.6 is 11.6 Å². The number of carbonyl (C=O) groups is 1. The maximum Gasteiger partial charge on any atom is 0.255 e. The molecule has 0 saturated carbocycles. The van der Waals surface area contributed by atoms with Crippen LogP contribution in [0.4, 0.5) is 11.4 Å². The third-order valence-electron chi connectivity index (χ3n) is 5.03. The van der Waals surface area contributed by atoms with Crippen LogP contribution in [-0.4, -0.2) is 24.8 Å². The number of phenols is 1. The van der Waals surface area contributed by atoms with E-state index in [2.05, 4.69) is 10.6 Å². The van der Waals surface area contributed by atoms with E-state index in [1.165, 1.54) is 12.1 Å². The van der Waals surface area contributed by atoms with Gasteiger partial charge in [0.05, 0.1) is 21.3 Å². The second-order valence-corrected chi connectivity index (χ2v) is 10.1. The zero-order valence-corrected chi connectivity index (χ0v) is 19.6. The van der Waals surface area contributed by atoms with Gasteiger partial charge in [0.2, 0.25) is 0 Å². The highest BCUT2D eigenvalue weighted by molar-refractivity contribution is 7.92. The second kappa shape index (κ2) is 9.63. The summed E-state index contributed by atoms with van der Waals surface area (Å²) in [5.74, 6) is -0.634. The van der Waals surface area contributed by atoms with Gasteiger partial charge in [-0.3, -0.25) is 4.79 Å². The SMILES string of the molecule is CCC(Nc1cc(O)c(NC(=O)c2ccc(C)cc2)cc1Cl)S(=O)(=O)c1cccc(C)c1. The van der Waals surface area contributed by atoms with Crippen molar-refractivity contribution in [3.05, 3.63) is 82.4 Å². The van der Waals surface area contributed by atoms with Crippen LogP contribution < -0.4 is 10.6 Å². The number of nitrogens with one attached hydrogen (secondary N) is 2. The second-order valence-electron chi connectivity index (χ2n) is 7.57. The first-order chi connectivity index (χ1) is 15.1. The molecule has 0 radical (unpaired) electrons. The Morgan fingerprint density at radius 3 is 2.31 bits per heavy atom. The fourth-order valence-electron chi connectivity index (χ4n) is 3.20. The van der Waals surface area contributed by atoms with Gasteiger partial charge < -0.3 is 15.7 Å². The quantitative estimate of drug-likeness (QED) is 0.392. The third kappa shape index (κ3) is 5.23. The van der Waals surface area contributed by atoms with Crippen LogP contribution in [0.15, 0.2) is 65.6 Å². The first-order valence-electron chi connectivity index (χ1n) is 10.1. The van der Waals surface area contributed by atoms with E-state index >= 15 is 0 Å². The summed E-state index contributed by atoms with van der Waals surface area (Å²) in [6.45, 7) is 5.49. The van der Waals surface area contributed by atoms with Gasteiger partial charge in [0, 0.05) is 11.6 Å². The van der Waals surface area contributed by atoms with Crippen molar-refractivity contribution in [2.45, 2.75) is 37.5 Å². The maximum atomic E-state index is 13.1. The average Bonchev–Trinajstić information content (AvgIpc) is 2.75. The number of hydrogen-bond donors (Lipinski definition) is 3. The lowest BCUT2D eigenvalue weighted by molar-refractivity contribution is 0.102. The molecule has 0 aliphatic rings. The van der Waals surface area contributed by atoms with Crippen LogP contribution in [0.3, 0.4) is 0 Å². The van der Waals surface area contributed by atoms with Gasteiger partial charge in [-0.2, -0.15) is 0 Å². The summed E-state index contributed by atoms with van der Waals surface area (Å²) < 4.78 is 26.2. The molecule has 0 aromatic heterocycles. The molecule has 0 aliphatic carbocycles. The molecule has 0 aliphatic heterocycles. The number of sulfone groups is 1. The predicted molar refractivity (Wildman–Crippen MR) is 128 cm³/mol. The smallest absolute Gasteiger partial charge is 0.255 e. The first-order valence-corrected chi connectivity index (χ1v) is 12.0. The fraction of sp³-hybridized carbons (Fsp3) is 0.208. The van der Waals surface area contributed by atoms with E-state index in [9.17, 15) is 18.3 Å². The molecule has 0 spiro atoms. The molecule has 6 nitrogen and oxygen atoms in total. The molecule has 1 unspecified atom stereocenters. The van der Waals surface area contributed by atoms with Crippen LogP contribution in [-0.2, 0) is 9.84 Å². The van der Waals surface area contributed by atoms with E-state index in [4.69, 9.17) is 11.6 Å². The van der Waals surface area contributed by atoms with Crippen molar-refractivity contribution in [1.29, 1.82) is 0 Å². The summed E-state index contributed by atoms with van der Waals surface area (Å²) in [6.07, 6.45) is 0.277. The lowest BCUT2D eigenvalue weighted by Crippen LogP contribution is -2.29. The molecule has 32 heavy (non-hydrogen) atoms. The highest BCUT2D eigenvalue weighted by atomic mass is 35.5. The lowest BCUT2D eigenvalue weighted by Gasteiger charge is -2.21. The van der Waals surface area contributed by atoms with Crippen molar-refractivity contribution in [3.8, 4) is 5.75 Å². The number of amides is 1. The van der Waals surface area contributed by atoms with Crippen LogP contribution in [0.2, 0.25) is 5.02 Å². The van der Waals surface area contributed by atoms with E-state index in [0.717, 1.165) is 11.1 Å². The number of hydrogen-bond acceptors (Lipinski definition) is 5.